The van der Waals surface area contributed by atoms with Gasteiger partial charge in [-0.15, -0.1) is 0 Å². The number of ketones is 1. The molecule has 0 aromatic carbocycles. The fourth-order valence-electron chi connectivity index (χ4n) is 2.22. The molecular weight excluding hydrogens is 190 g/mol. The Morgan fingerprint density at radius 3 is 2.33 bits per heavy atom. The summed E-state index contributed by atoms with van der Waals surface area (Å²) in [6, 6.07) is 0. The highest BCUT2D eigenvalue weighted by Crippen LogP contribution is 2.26. The summed E-state index contributed by atoms with van der Waals surface area (Å²) in [5.74, 6) is 0.0490. The fraction of sp³-hybridized carbons (Fsp3) is 0.833. The Morgan fingerprint density at radius 1 is 1.20 bits per heavy atom. The van der Waals surface area contributed by atoms with Gasteiger partial charge in [-0.3, -0.25) is 9.59 Å². The van der Waals surface area contributed by atoms with Crippen LogP contribution in [0, 0.1) is 5.92 Å². The van der Waals surface area contributed by atoms with Gasteiger partial charge < -0.3 is 4.90 Å². The minimum atomic E-state index is -0.360. The third-order valence-corrected chi connectivity index (χ3v) is 3.25. The molecule has 86 valence electrons. The van der Waals surface area contributed by atoms with Crippen LogP contribution in [0.4, 0.5) is 0 Å². The standard InChI is InChI=1S/C12H21NO2/c1-10(14)12(15)13(2)9-8-11-6-4-3-5-7-11/h11H,3-9H2,1-2H3. The van der Waals surface area contributed by atoms with Crippen molar-refractivity contribution in [1.29, 1.82) is 0 Å². The van der Waals surface area contributed by atoms with Crippen molar-refractivity contribution in [1.82, 2.24) is 4.90 Å². The lowest BCUT2D eigenvalue weighted by Crippen LogP contribution is -2.33. The summed E-state index contributed by atoms with van der Waals surface area (Å²) in [5, 5.41) is 0. The summed E-state index contributed by atoms with van der Waals surface area (Å²) in [5.41, 5.74) is 0. The van der Waals surface area contributed by atoms with Crippen LogP contribution in [-0.2, 0) is 9.59 Å². The van der Waals surface area contributed by atoms with E-state index < -0.39 is 0 Å². The predicted molar refractivity (Wildman–Crippen MR) is 59.5 cm³/mol. The van der Waals surface area contributed by atoms with E-state index in [-0.39, 0.29) is 11.7 Å². The van der Waals surface area contributed by atoms with Crippen molar-refractivity contribution in [2.45, 2.75) is 45.4 Å². The first-order chi connectivity index (χ1) is 7.11. The van der Waals surface area contributed by atoms with Gasteiger partial charge >= 0.3 is 0 Å². The second kappa shape index (κ2) is 5.89. The normalized spacial score (nSPS) is 17.5. The lowest BCUT2D eigenvalue weighted by Gasteiger charge is -2.24. The van der Waals surface area contributed by atoms with Crippen LogP contribution in [-0.4, -0.2) is 30.2 Å². The van der Waals surface area contributed by atoms with Gasteiger partial charge in [-0.1, -0.05) is 32.1 Å². The maximum absolute atomic E-state index is 11.3. The number of rotatable bonds is 4. The molecule has 15 heavy (non-hydrogen) atoms. The SMILES string of the molecule is CC(=O)C(=O)N(C)CCC1CCCCC1. The third kappa shape index (κ3) is 4.02. The van der Waals surface area contributed by atoms with Gasteiger partial charge in [0.25, 0.3) is 5.91 Å². The first-order valence-corrected chi connectivity index (χ1v) is 5.87. The van der Waals surface area contributed by atoms with Crippen molar-refractivity contribution in [2.75, 3.05) is 13.6 Å². The van der Waals surface area contributed by atoms with Crippen LogP contribution in [0.15, 0.2) is 0 Å². The maximum atomic E-state index is 11.3. The number of likely N-dealkylation sites (N-methyl/N-ethyl adjacent to an activating group) is 1. The highest BCUT2D eigenvalue weighted by Gasteiger charge is 2.17. The molecule has 1 saturated carbocycles. The Balaban J connectivity index is 2.23. The molecule has 0 bridgehead atoms. The van der Waals surface area contributed by atoms with Gasteiger partial charge in [0.2, 0.25) is 5.78 Å². The van der Waals surface area contributed by atoms with Crippen LogP contribution in [0.5, 0.6) is 0 Å². The number of Topliss-reactive ketones (excluding diaryl/α,β-unsaturated/α-hetero) is 1. The molecule has 3 heteroatoms. The summed E-state index contributed by atoms with van der Waals surface area (Å²) >= 11 is 0. The van der Waals surface area contributed by atoms with Crippen LogP contribution < -0.4 is 0 Å². The number of carbonyl (C=O) groups is 2. The number of hydrogen-bond donors (Lipinski definition) is 0. The Morgan fingerprint density at radius 2 is 1.80 bits per heavy atom. The van der Waals surface area contributed by atoms with Gasteiger partial charge in [0, 0.05) is 20.5 Å². The van der Waals surface area contributed by atoms with E-state index in [0.717, 1.165) is 18.9 Å². The van der Waals surface area contributed by atoms with Crippen LogP contribution >= 0.6 is 0 Å². The monoisotopic (exact) mass is 211 g/mol. The molecule has 1 fully saturated rings. The topological polar surface area (TPSA) is 37.4 Å². The summed E-state index contributed by atoms with van der Waals surface area (Å²) in [7, 11) is 1.71. The smallest absolute Gasteiger partial charge is 0.289 e. The molecule has 1 amide bonds. The van der Waals surface area contributed by atoms with Gasteiger partial charge in [0.1, 0.15) is 0 Å². The molecule has 0 aromatic heterocycles. The predicted octanol–water partition coefficient (Wildman–Crippen LogP) is 2.00. The highest BCUT2D eigenvalue weighted by atomic mass is 16.2. The lowest BCUT2D eigenvalue weighted by atomic mass is 9.87. The number of nitrogens with zero attached hydrogens (tertiary/aromatic N) is 1. The Labute approximate surface area is 91.8 Å². The van der Waals surface area contributed by atoms with Crippen LogP contribution in [0.25, 0.3) is 0 Å². The zero-order valence-corrected chi connectivity index (χ0v) is 9.79. The minimum absolute atomic E-state index is 0.356. The molecule has 3 nitrogen and oxygen atoms in total. The van der Waals surface area contributed by atoms with E-state index >= 15 is 0 Å². The molecule has 1 rings (SSSR count). The van der Waals surface area contributed by atoms with E-state index in [1.54, 1.807) is 11.9 Å². The van der Waals surface area contributed by atoms with Gasteiger partial charge in [0.15, 0.2) is 0 Å². The second-order valence-electron chi connectivity index (χ2n) is 4.58. The first kappa shape index (κ1) is 12.2. The number of hydrogen-bond acceptors (Lipinski definition) is 2. The molecule has 0 spiro atoms. The molecule has 0 unspecified atom stereocenters. The Hall–Kier alpha value is -0.860. The molecule has 1 aliphatic rings. The molecular formula is C12H21NO2. The largest absolute Gasteiger partial charge is 0.339 e. The highest BCUT2D eigenvalue weighted by molar-refractivity contribution is 6.34. The minimum Gasteiger partial charge on any atom is -0.339 e. The quantitative estimate of drug-likeness (QED) is 0.667. The zero-order chi connectivity index (χ0) is 11.3. The number of amides is 1. The van der Waals surface area contributed by atoms with Gasteiger partial charge in [0.05, 0.1) is 0 Å². The van der Waals surface area contributed by atoms with E-state index in [0.29, 0.717) is 0 Å². The van der Waals surface area contributed by atoms with Crippen LogP contribution in [0.1, 0.15) is 45.4 Å². The molecule has 1 aliphatic carbocycles. The van der Waals surface area contributed by atoms with Gasteiger partial charge in [-0.05, 0) is 12.3 Å². The van der Waals surface area contributed by atoms with Gasteiger partial charge in [-0.25, -0.2) is 0 Å². The maximum Gasteiger partial charge on any atom is 0.289 e. The third-order valence-electron chi connectivity index (χ3n) is 3.25. The summed E-state index contributed by atoms with van der Waals surface area (Å²) in [6.07, 6.45) is 7.66. The molecule has 0 aromatic rings. The molecule has 0 heterocycles. The van der Waals surface area contributed by atoms with E-state index in [9.17, 15) is 9.59 Å². The molecule has 0 aliphatic heterocycles. The number of carbonyl (C=O) groups excluding carboxylic acids is 2. The van der Waals surface area contributed by atoms with Crippen molar-refractivity contribution in [3.63, 3.8) is 0 Å². The van der Waals surface area contributed by atoms with Gasteiger partial charge in [-0.2, -0.15) is 0 Å². The average molecular weight is 211 g/mol. The van der Waals surface area contributed by atoms with E-state index in [1.165, 1.54) is 39.0 Å². The van der Waals surface area contributed by atoms with Crippen molar-refractivity contribution in [3.05, 3.63) is 0 Å². The van der Waals surface area contributed by atoms with Crippen molar-refractivity contribution >= 4 is 11.7 Å². The first-order valence-electron chi connectivity index (χ1n) is 5.87. The van der Waals surface area contributed by atoms with Crippen LogP contribution in [0.2, 0.25) is 0 Å². The Bertz CT molecular complexity index is 232. The van der Waals surface area contributed by atoms with E-state index in [4.69, 9.17) is 0 Å². The lowest BCUT2D eigenvalue weighted by molar-refractivity contribution is -0.142. The summed E-state index contributed by atoms with van der Waals surface area (Å²) < 4.78 is 0. The zero-order valence-electron chi connectivity index (χ0n) is 9.79. The molecule has 0 N–H and O–H groups in total. The molecule has 0 saturated heterocycles. The van der Waals surface area contributed by atoms with Crippen LogP contribution in [0.3, 0.4) is 0 Å². The molecule has 0 radical (unpaired) electrons. The molecule has 0 atom stereocenters. The average Bonchev–Trinajstić information content (AvgIpc) is 2.26. The van der Waals surface area contributed by atoms with Crippen molar-refractivity contribution < 1.29 is 9.59 Å². The Kier molecular flexibility index (Phi) is 4.79. The van der Waals surface area contributed by atoms with E-state index in [1.807, 2.05) is 0 Å². The van der Waals surface area contributed by atoms with Crippen molar-refractivity contribution in [2.24, 2.45) is 5.92 Å². The summed E-state index contributed by atoms with van der Waals surface area (Å²) in [4.78, 5) is 23.7. The second-order valence-corrected chi connectivity index (χ2v) is 4.58. The van der Waals surface area contributed by atoms with Crippen molar-refractivity contribution in [3.8, 4) is 0 Å². The van der Waals surface area contributed by atoms with E-state index in [2.05, 4.69) is 0 Å². The summed E-state index contributed by atoms with van der Waals surface area (Å²) in [6.45, 7) is 2.06. The fourth-order valence-corrected chi connectivity index (χ4v) is 2.22.